The second-order valence-electron chi connectivity index (χ2n) is 4.86. The van der Waals surface area contributed by atoms with E-state index in [1.54, 1.807) is 0 Å². The normalized spacial score (nSPS) is 21.8. The summed E-state index contributed by atoms with van der Waals surface area (Å²) in [6.45, 7) is 0.496. The predicted molar refractivity (Wildman–Crippen MR) is 72.3 cm³/mol. The summed E-state index contributed by atoms with van der Waals surface area (Å²) in [5.74, 6) is -1.08. The number of aliphatic hydroxyl groups excluding tert-OH is 1. The summed E-state index contributed by atoms with van der Waals surface area (Å²) in [5, 5.41) is 21.2. The van der Waals surface area contributed by atoms with Crippen LogP contribution in [0.2, 0.25) is 0 Å². The van der Waals surface area contributed by atoms with Gasteiger partial charge in [-0.15, -0.1) is 0 Å². The standard InChI is InChI=1S/C14H18N2O4/c17-11-8-12(13(18)19)16(9-11)14(20)15-7-6-10-4-2-1-3-5-10/h1-5,11-12,17H,6-9H2,(H,15,20)(H,18,19). The highest BCUT2D eigenvalue weighted by molar-refractivity contribution is 5.83. The number of urea groups is 1. The summed E-state index contributed by atoms with van der Waals surface area (Å²) in [5.41, 5.74) is 1.10. The zero-order valence-corrected chi connectivity index (χ0v) is 11.0. The van der Waals surface area contributed by atoms with E-state index >= 15 is 0 Å². The van der Waals surface area contributed by atoms with Crippen LogP contribution in [0.3, 0.4) is 0 Å². The van der Waals surface area contributed by atoms with E-state index in [0.29, 0.717) is 13.0 Å². The monoisotopic (exact) mass is 278 g/mol. The summed E-state index contributed by atoms with van der Waals surface area (Å²) >= 11 is 0. The lowest BCUT2D eigenvalue weighted by Gasteiger charge is -2.21. The number of β-amino-alcohol motifs (C(OH)–C–C–N with tert-alkyl or cyclic N) is 1. The number of aliphatic hydroxyl groups is 1. The fourth-order valence-corrected chi connectivity index (χ4v) is 2.33. The molecule has 1 aliphatic rings. The minimum atomic E-state index is -1.08. The third-order valence-electron chi connectivity index (χ3n) is 3.36. The molecule has 2 unspecified atom stereocenters. The molecule has 3 N–H and O–H groups in total. The Morgan fingerprint density at radius 3 is 2.65 bits per heavy atom. The van der Waals surface area contributed by atoms with Gasteiger partial charge in [-0.25, -0.2) is 9.59 Å². The van der Waals surface area contributed by atoms with Crippen LogP contribution in [0.5, 0.6) is 0 Å². The predicted octanol–water partition coefficient (Wildman–Crippen LogP) is 0.459. The van der Waals surface area contributed by atoms with Gasteiger partial charge >= 0.3 is 12.0 Å². The van der Waals surface area contributed by atoms with Crippen LogP contribution in [-0.4, -0.2) is 52.3 Å². The zero-order chi connectivity index (χ0) is 14.5. The minimum Gasteiger partial charge on any atom is -0.480 e. The number of nitrogens with one attached hydrogen (secondary N) is 1. The first-order valence-corrected chi connectivity index (χ1v) is 6.57. The number of benzene rings is 1. The number of aliphatic carboxylic acids is 1. The van der Waals surface area contributed by atoms with E-state index in [9.17, 15) is 14.7 Å². The lowest BCUT2D eigenvalue weighted by Crippen LogP contribution is -2.46. The average Bonchev–Trinajstić information content (AvgIpc) is 2.82. The van der Waals surface area contributed by atoms with E-state index in [0.717, 1.165) is 5.56 Å². The molecule has 2 rings (SSSR count). The van der Waals surface area contributed by atoms with Crippen LogP contribution < -0.4 is 5.32 Å². The van der Waals surface area contributed by atoms with Crippen LogP contribution in [0.25, 0.3) is 0 Å². The molecule has 1 heterocycles. The maximum Gasteiger partial charge on any atom is 0.326 e. The fourth-order valence-electron chi connectivity index (χ4n) is 2.33. The van der Waals surface area contributed by atoms with Crippen LogP contribution in [-0.2, 0) is 11.2 Å². The Kier molecular flexibility index (Phi) is 4.57. The van der Waals surface area contributed by atoms with Crippen molar-refractivity contribution in [2.45, 2.75) is 25.0 Å². The Morgan fingerprint density at radius 1 is 1.30 bits per heavy atom. The lowest BCUT2D eigenvalue weighted by molar-refractivity contribution is -0.141. The molecule has 1 aromatic rings. The Hall–Kier alpha value is -2.08. The van der Waals surface area contributed by atoms with Crippen molar-refractivity contribution in [2.75, 3.05) is 13.1 Å². The van der Waals surface area contributed by atoms with Gasteiger partial charge in [0, 0.05) is 19.5 Å². The van der Waals surface area contributed by atoms with Crippen molar-refractivity contribution in [2.24, 2.45) is 0 Å². The van der Waals surface area contributed by atoms with Gasteiger partial charge in [-0.1, -0.05) is 30.3 Å². The SMILES string of the molecule is O=C(O)C1CC(O)CN1C(=O)NCCc1ccccc1. The van der Waals surface area contributed by atoms with Crippen molar-refractivity contribution in [1.82, 2.24) is 10.2 Å². The molecule has 108 valence electrons. The van der Waals surface area contributed by atoms with E-state index in [-0.39, 0.29) is 13.0 Å². The van der Waals surface area contributed by atoms with E-state index in [2.05, 4.69) is 5.32 Å². The number of carbonyl (C=O) groups is 2. The number of hydrogen-bond donors (Lipinski definition) is 3. The van der Waals surface area contributed by atoms with Crippen LogP contribution >= 0.6 is 0 Å². The van der Waals surface area contributed by atoms with Gasteiger partial charge in [0.05, 0.1) is 6.10 Å². The van der Waals surface area contributed by atoms with Crippen LogP contribution in [0.15, 0.2) is 30.3 Å². The second kappa shape index (κ2) is 6.38. The summed E-state index contributed by atoms with van der Waals surface area (Å²) in [7, 11) is 0. The number of amides is 2. The van der Waals surface area contributed by atoms with Crippen molar-refractivity contribution in [3.8, 4) is 0 Å². The number of carboxylic acids is 1. The topological polar surface area (TPSA) is 89.9 Å². The van der Waals surface area contributed by atoms with Gasteiger partial charge in [0.2, 0.25) is 0 Å². The molecule has 0 aliphatic carbocycles. The number of nitrogens with zero attached hydrogens (tertiary/aromatic N) is 1. The van der Waals surface area contributed by atoms with Crippen molar-refractivity contribution < 1.29 is 19.8 Å². The lowest BCUT2D eigenvalue weighted by atomic mass is 10.1. The molecule has 0 aromatic heterocycles. The first kappa shape index (κ1) is 14.3. The van der Waals surface area contributed by atoms with Gasteiger partial charge < -0.3 is 20.4 Å². The fraction of sp³-hybridized carbons (Fsp3) is 0.429. The van der Waals surface area contributed by atoms with Crippen molar-refractivity contribution in [1.29, 1.82) is 0 Å². The van der Waals surface area contributed by atoms with Crippen molar-refractivity contribution >= 4 is 12.0 Å². The Morgan fingerprint density at radius 2 is 2.00 bits per heavy atom. The molecule has 1 fully saturated rings. The Balaban J connectivity index is 1.84. The highest BCUT2D eigenvalue weighted by Gasteiger charge is 2.38. The minimum absolute atomic E-state index is 0.0636. The summed E-state index contributed by atoms with van der Waals surface area (Å²) < 4.78 is 0. The van der Waals surface area contributed by atoms with Crippen LogP contribution in [0, 0.1) is 0 Å². The molecule has 0 spiro atoms. The van der Waals surface area contributed by atoms with Crippen LogP contribution in [0.4, 0.5) is 4.79 Å². The maximum atomic E-state index is 11.9. The molecule has 6 heteroatoms. The quantitative estimate of drug-likeness (QED) is 0.746. The van der Waals surface area contributed by atoms with Gasteiger partial charge in [0.15, 0.2) is 0 Å². The van der Waals surface area contributed by atoms with Gasteiger partial charge in [0.1, 0.15) is 6.04 Å². The number of carbonyl (C=O) groups excluding carboxylic acids is 1. The third-order valence-corrected chi connectivity index (χ3v) is 3.36. The highest BCUT2D eigenvalue weighted by atomic mass is 16.4. The molecule has 6 nitrogen and oxygen atoms in total. The van der Waals surface area contributed by atoms with Gasteiger partial charge in [0.25, 0.3) is 0 Å². The zero-order valence-electron chi connectivity index (χ0n) is 11.0. The number of rotatable bonds is 4. The molecule has 1 saturated heterocycles. The van der Waals surface area contributed by atoms with E-state index < -0.39 is 24.1 Å². The van der Waals surface area contributed by atoms with E-state index in [1.165, 1.54) is 4.90 Å². The first-order chi connectivity index (χ1) is 9.58. The molecule has 1 aliphatic heterocycles. The molecule has 2 amide bonds. The van der Waals surface area contributed by atoms with Crippen LogP contribution in [0.1, 0.15) is 12.0 Å². The van der Waals surface area contributed by atoms with E-state index in [1.807, 2.05) is 30.3 Å². The maximum absolute atomic E-state index is 11.9. The molecule has 2 atom stereocenters. The molecule has 0 bridgehead atoms. The summed E-state index contributed by atoms with van der Waals surface area (Å²) in [4.78, 5) is 24.1. The second-order valence-corrected chi connectivity index (χ2v) is 4.86. The van der Waals surface area contributed by atoms with Gasteiger partial charge in [-0.05, 0) is 12.0 Å². The summed E-state index contributed by atoms with van der Waals surface area (Å²) in [6, 6.07) is 8.32. The molecular formula is C14H18N2O4. The van der Waals surface area contributed by atoms with Gasteiger partial charge in [-0.3, -0.25) is 0 Å². The summed E-state index contributed by atoms with van der Waals surface area (Å²) in [6.07, 6.45) is -0.00160. The molecule has 1 aromatic carbocycles. The largest absolute Gasteiger partial charge is 0.480 e. The average molecular weight is 278 g/mol. The number of carboxylic acid groups (broad SMARTS) is 1. The van der Waals surface area contributed by atoms with E-state index in [4.69, 9.17) is 5.11 Å². The number of likely N-dealkylation sites (tertiary alicyclic amines) is 1. The molecule has 0 saturated carbocycles. The van der Waals surface area contributed by atoms with Crippen molar-refractivity contribution in [3.63, 3.8) is 0 Å². The Labute approximate surface area is 117 Å². The highest BCUT2D eigenvalue weighted by Crippen LogP contribution is 2.18. The Bertz CT molecular complexity index is 477. The molecule has 0 radical (unpaired) electrons. The molecular weight excluding hydrogens is 260 g/mol. The smallest absolute Gasteiger partial charge is 0.326 e. The van der Waals surface area contributed by atoms with Crippen molar-refractivity contribution in [3.05, 3.63) is 35.9 Å². The first-order valence-electron chi connectivity index (χ1n) is 6.57. The third kappa shape index (κ3) is 3.48. The number of hydrogen-bond acceptors (Lipinski definition) is 3. The molecule has 20 heavy (non-hydrogen) atoms. The van der Waals surface area contributed by atoms with Gasteiger partial charge in [-0.2, -0.15) is 0 Å².